The van der Waals surface area contributed by atoms with E-state index < -0.39 is 0 Å². The van der Waals surface area contributed by atoms with Gasteiger partial charge in [-0.15, -0.1) is 0 Å². The van der Waals surface area contributed by atoms with Gasteiger partial charge in [-0.05, 0) is 44.0 Å². The van der Waals surface area contributed by atoms with Crippen LogP contribution in [0.3, 0.4) is 0 Å². The molecular weight excluding hydrogens is 279 g/mol. The Hall–Kier alpha value is -1.53. The van der Waals surface area contributed by atoms with Gasteiger partial charge in [0, 0.05) is 6.04 Å². The number of benzene rings is 1. The summed E-state index contributed by atoms with van der Waals surface area (Å²) in [6.07, 6.45) is 2.72. The monoisotopic (exact) mass is 304 g/mol. The van der Waals surface area contributed by atoms with Crippen LogP contribution >= 0.6 is 0 Å². The summed E-state index contributed by atoms with van der Waals surface area (Å²) in [4.78, 5) is 9.76. The molecule has 2 heterocycles. The normalized spacial score (nSPS) is 21.9. The average Bonchev–Trinajstić information content (AvgIpc) is 3.04. The maximum Gasteiger partial charge on any atom is 0.293 e. The van der Waals surface area contributed by atoms with Crippen molar-refractivity contribution in [3.63, 3.8) is 0 Å². The Labute approximate surface area is 133 Å². The van der Waals surface area contributed by atoms with Gasteiger partial charge in [-0.1, -0.05) is 30.3 Å². The first kappa shape index (κ1) is 18.5. The van der Waals surface area contributed by atoms with Gasteiger partial charge in [-0.3, -0.25) is 4.79 Å². The molecule has 0 saturated carbocycles. The molecule has 0 radical (unpaired) electrons. The molecule has 2 N–H and O–H groups in total. The van der Waals surface area contributed by atoms with Crippen molar-refractivity contribution in [2.24, 2.45) is 5.92 Å². The van der Waals surface area contributed by atoms with Crippen LogP contribution in [-0.2, 0) is 20.8 Å². The molecule has 0 aromatic heterocycles. The molecule has 0 bridgehead atoms. The van der Waals surface area contributed by atoms with Crippen molar-refractivity contribution in [3.05, 3.63) is 35.9 Å². The van der Waals surface area contributed by atoms with Crippen LogP contribution in [0.15, 0.2) is 30.3 Å². The van der Waals surface area contributed by atoms with E-state index in [1.54, 1.807) is 0 Å². The van der Waals surface area contributed by atoms with E-state index in [0.717, 1.165) is 24.7 Å². The van der Waals surface area contributed by atoms with Crippen molar-refractivity contribution in [1.82, 2.24) is 10.6 Å². The Kier molecular flexibility index (Phi) is 10.2. The van der Waals surface area contributed by atoms with Gasteiger partial charge in [-0.2, -0.15) is 0 Å². The van der Waals surface area contributed by atoms with Crippen LogP contribution in [0, 0.1) is 5.92 Å². The number of carbonyl (C=O) groups is 1. The van der Waals surface area contributed by atoms with Gasteiger partial charge in [0.1, 0.15) is 6.61 Å². The smallest absolute Gasteiger partial charge is 0.293 e. The van der Waals surface area contributed by atoms with Gasteiger partial charge in [0.2, 0.25) is 0 Å². The molecule has 2 aliphatic rings. The van der Waals surface area contributed by atoms with E-state index in [2.05, 4.69) is 15.4 Å². The Morgan fingerprint density at radius 2 is 2.00 bits per heavy atom. The quantitative estimate of drug-likeness (QED) is 0.653. The van der Waals surface area contributed by atoms with Crippen molar-refractivity contribution >= 4 is 13.6 Å². The zero-order chi connectivity index (χ0) is 16.0. The van der Waals surface area contributed by atoms with Gasteiger partial charge < -0.3 is 15.4 Å². The summed E-state index contributed by atoms with van der Waals surface area (Å²) in [6, 6.07) is 10.4. The molecule has 2 saturated heterocycles. The summed E-state index contributed by atoms with van der Waals surface area (Å²) < 4.78 is 13.3. The van der Waals surface area contributed by atoms with Crippen molar-refractivity contribution in [3.8, 4) is 0 Å². The molecule has 3 rings (SSSR count). The second-order valence-electron chi connectivity index (χ2n) is 5.23. The van der Waals surface area contributed by atoms with E-state index in [-0.39, 0.29) is 0 Å². The van der Waals surface area contributed by atoms with Gasteiger partial charge in [0.25, 0.3) is 6.47 Å². The van der Waals surface area contributed by atoms with Crippen molar-refractivity contribution < 1.29 is 14.2 Å². The van der Waals surface area contributed by atoms with E-state index in [0.29, 0.717) is 13.1 Å². The number of piperidine rings is 1. The summed E-state index contributed by atoms with van der Waals surface area (Å²) in [5, 5.41) is 6.93. The molecule has 6 heteroatoms. The molecule has 0 unspecified atom stereocenters. The second kappa shape index (κ2) is 12.1. The van der Waals surface area contributed by atoms with Gasteiger partial charge in [0.05, 0.1) is 0 Å². The largest absolute Gasteiger partial charge is 0.463 e. The maximum absolute atomic E-state index is 9.76. The summed E-state index contributed by atoms with van der Waals surface area (Å²) in [6.45, 7) is 5.97. The van der Waals surface area contributed by atoms with Crippen LogP contribution < -0.4 is 10.6 Å². The molecule has 22 heavy (non-hydrogen) atoms. The predicted octanol–water partition coefficient (Wildman–Crippen LogP) is 1.40. The van der Waals surface area contributed by atoms with Crippen LogP contribution in [0.4, 0.5) is 0 Å². The van der Waals surface area contributed by atoms with Crippen LogP contribution in [-0.4, -0.2) is 39.3 Å². The van der Waals surface area contributed by atoms with Crippen LogP contribution in [0.1, 0.15) is 18.4 Å². The Bertz CT molecular complexity index is 405. The van der Waals surface area contributed by atoms with Gasteiger partial charge in [0.15, 0.2) is 0 Å². The minimum Gasteiger partial charge on any atom is -0.463 e. The fourth-order valence-electron chi connectivity index (χ4n) is 2.65. The molecule has 5 nitrogen and oxygen atoms in total. The Morgan fingerprint density at radius 1 is 1.27 bits per heavy atom. The number of rotatable bonds is 3. The zero-order valence-corrected chi connectivity index (χ0v) is 13.2. The van der Waals surface area contributed by atoms with E-state index in [1.165, 1.54) is 39.3 Å². The molecule has 0 spiro atoms. The molecule has 2 atom stereocenters. The predicted molar refractivity (Wildman–Crippen MR) is 87.0 cm³/mol. The third-order valence-corrected chi connectivity index (χ3v) is 3.69. The van der Waals surface area contributed by atoms with Crippen LogP contribution in [0.5, 0.6) is 0 Å². The molecule has 2 fully saturated rings. The topological polar surface area (TPSA) is 67.4 Å². The van der Waals surface area contributed by atoms with Crippen LogP contribution in [0.25, 0.3) is 0 Å². The Morgan fingerprint density at radius 3 is 2.64 bits per heavy atom. The van der Waals surface area contributed by atoms with E-state index in [9.17, 15) is 4.79 Å². The number of ether oxygens (including phenoxy) is 1. The van der Waals surface area contributed by atoms with Crippen molar-refractivity contribution in [2.45, 2.75) is 32.3 Å². The van der Waals surface area contributed by atoms with E-state index in [4.69, 9.17) is 4.70 Å². The third kappa shape index (κ3) is 7.47. The molecule has 0 aliphatic carbocycles. The SMILES string of the molecule is C1C[C@@H]2NCC[C@@H]2CN1.CB=O.O=COCc1ccccc1. The molecule has 2 aliphatic heterocycles. The first-order chi connectivity index (χ1) is 10.8. The first-order valence-electron chi connectivity index (χ1n) is 7.74. The van der Waals surface area contributed by atoms with Crippen molar-refractivity contribution in [1.29, 1.82) is 0 Å². The molecular formula is C16H25BN2O3. The summed E-state index contributed by atoms with van der Waals surface area (Å²) >= 11 is 0. The van der Waals surface area contributed by atoms with Crippen LogP contribution in [0.2, 0.25) is 6.82 Å². The molecule has 120 valence electrons. The number of carbonyl (C=O) groups excluding carboxylic acids is 1. The average molecular weight is 304 g/mol. The summed E-state index contributed by atoms with van der Waals surface area (Å²) in [5.41, 5.74) is 1.01. The standard InChI is InChI=1S/C8H8O2.C7H14N2.CH3BO/c9-7-10-6-8-4-2-1-3-5-8;1-4-9-7-2-3-8-5-6(1)7;1-2-3/h1-5,7H,6H2;6-9H,1-5H2;1H3/t;6-,7+;/m.1./s1. The zero-order valence-electron chi connectivity index (χ0n) is 13.2. The summed E-state index contributed by atoms with van der Waals surface area (Å²) in [5.74, 6) is 0.943. The molecule has 0 amide bonds. The maximum atomic E-state index is 9.76. The Balaban J connectivity index is 0.000000188. The fourth-order valence-corrected chi connectivity index (χ4v) is 2.65. The number of hydrogen-bond acceptors (Lipinski definition) is 5. The molecule has 1 aromatic rings. The fraction of sp³-hybridized carbons (Fsp3) is 0.562. The van der Waals surface area contributed by atoms with E-state index >= 15 is 0 Å². The van der Waals surface area contributed by atoms with E-state index in [1.807, 2.05) is 30.3 Å². The summed E-state index contributed by atoms with van der Waals surface area (Å²) in [7, 11) is 0.750. The number of hydrogen-bond donors (Lipinski definition) is 2. The van der Waals surface area contributed by atoms with Gasteiger partial charge >= 0.3 is 18.7 Å². The second-order valence-corrected chi connectivity index (χ2v) is 5.23. The number of fused-ring (bicyclic) bond motifs is 1. The third-order valence-electron chi connectivity index (χ3n) is 3.69. The van der Waals surface area contributed by atoms with Crippen molar-refractivity contribution in [2.75, 3.05) is 19.6 Å². The van der Waals surface area contributed by atoms with Gasteiger partial charge in [-0.25, -0.2) is 0 Å². The minimum absolute atomic E-state index is 0.365. The molecule has 1 aromatic carbocycles. The number of nitrogens with one attached hydrogen (secondary N) is 2. The minimum atomic E-state index is 0.365. The first-order valence-corrected chi connectivity index (χ1v) is 7.74.